The molecule has 0 fully saturated rings. The fourth-order valence-electron chi connectivity index (χ4n) is 1.79. The van der Waals surface area contributed by atoms with E-state index in [0.29, 0.717) is 5.92 Å². The van der Waals surface area contributed by atoms with Crippen molar-refractivity contribution >= 4 is 11.9 Å². The van der Waals surface area contributed by atoms with E-state index >= 15 is 0 Å². The minimum atomic E-state index is 0.525. The van der Waals surface area contributed by atoms with Crippen LogP contribution in [0.1, 0.15) is 20.3 Å². The predicted octanol–water partition coefficient (Wildman–Crippen LogP) is 3.66. The SMILES string of the molecule is C=CC1=C(C(=C)C(C)C)CN(SC)CC1. The summed E-state index contributed by atoms with van der Waals surface area (Å²) in [4.78, 5) is 0. The molecule has 0 saturated heterocycles. The van der Waals surface area contributed by atoms with Gasteiger partial charge >= 0.3 is 0 Å². The Morgan fingerprint density at radius 1 is 1.53 bits per heavy atom. The highest BCUT2D eigenvalue weighted by atomic mass is 32.2. The normalized spacial score (nSPS) is 18.4. The van der Waals surface area contributed by atoms with E-state index < -0.39 is 0 Å². The molecule has 0 aromatic heterocycles. The van der Waals surface area contributed by atoms with Gasteiger partial charge in [-0.25, -0.2) is 4.31 Å². The van der Waals surface area contributed by atoms with Gasteiger partial charge in [-0.1, -0.05) is 45.0 Å². The fraction of sp³-hybridized carbons (Fsp3) is 0.538. The number of hydrogen-bond donors (Lipinski definition) is 0. The Labute approximate surface area is 98.1 Å². The molecule has 0 spiro atoms. The molecule has 2 heteroatoms. The van der Waals surface area contributed by atoms with E-state index in [0.717, 1.165) is 19.5 Å². The predicted molar refractivity (Wildman–Crippen MR) is 70.9 cm³/mol. The zero-order valence-electron chi connectivity index (χ0n) is 10.0. The van der Waals surface area contributed by atoms with Gasteiger partial charge in [-0.15, -0.1) is 0 Å². The quantitative estimate of drug-likeness (QED) is 0.669. The van der Waals surface area contributed by atoms with E-state index in [1.54, 1.807) is 0 Å². The van der Waals surface area contributed by atoms with Gasteiger partial charge < -0.3 is 0 Å². The molecule has 0 atom stereocenters. The molecular weight excluding hydrogens is 202 g/mol. The van der Waals surface area contributed by atoms with Crippen LogP contribution in [0.15, 0.2) is 36.0 Å². The van der Waals surface area contributed by atoms with Crippen LogP contribution in [0.25, 0.3) is 0 Å². The van der Waals surface area contributed by atoms with E-state index in [1.165, 1.54) is 16.7 Å². The van der Waals surface area contributed by atoms with Gasteiger partial charge in [-0.05, 0) is 35.3 Å². The third-order valence-corrected chi connectivity index (χ3v) is 3.77. The minimum Gasteiger partial charge on any atom is -0.246 e. The third kappa shape index (κ3) is 2.99. The largest absolute Gasteiger partial charge is 0.246 e. The van der Waals surface area contributed by atoms with Gasteiger partial charge in [0.15, 0.2) is 0 Å². The van der Waals surface area contributed by atoms with Crippen LogP contribution < -0.4 is 0 Å². The zero-order valence-corrected chi connectivity index (χ0v) is 10.9. The zero-order chi connectivity index (χ0) is 11.4. The van der Waals surface area contributed by atoms with Crippen molar-refractivity contribution in [3.8, 4) is 0 Å². The van der Waals surface area contributed by atoms with Gasteiger partial charge in [-0.3, -0.25) is 0 Å². The molecule has 1 heterocycles. The van der Waals surface area contributed by atoms with E-state index in [2.05, 4.69) is 37.6 Å². The maximum absolute atomic E-state index is 4.20. The van der Waals surface area contributed by atoms with Gasteiger partial charge in [0.2, 0.25) is 0 Å². The second kappa shape index (κ2) is 5.57. The molecule has 0 bridgehead atoms. The molecule has 0 N–H and O–H groups in total. The Morgan fingerprint density at radius 3 is 2.67 bits per heavy atom. The van der Waals surface area contributed by atoms with Crippen LogP contribution >= 0.6 is 11.9 Å². The van der Waals surface area contributed by atoms with Gasteiger partial charge in [0.25, 0.3) is 0 Å². The van der Waals surface area contributed by atoms with E-state index in [-0.39, 0.29) is 0 Å². The Morgan fingerprint density at radius 2 is 2.20 bits per heavy atom. The topological polar surface area (TPSA) is 3.24 Å². The summed E-state index contributed by atoms with van der Waals surface area (Å²) in [6.45, 7) is 14.6. The Balaban J connectivity index is 2.92. The highest BCUT2D eigenvalue weighted by molar-refractivity contribution is 7.96. The lowest BCUT2D eigenvalue weighted by molar-refractivity contribution is 0.486. The molecule has 15 heavy (non-hydrogen) atoms. The monoisotopic (exact) mass is 223 g/mol. The number of hydrogen-bond acceptors (Lipinski definition) is 2. The standard InChI is InChI=1S/C13H21NS/c1-6-12-7-8-14(15-5)9-13(12)11(4)10(2)3/h6,10H,1,4,7-9H2,2-3,5H3. The molecule has 0 radical (unpaired) electrons. The van der Waals surface area contributed by atoms with Gasteiger partial charge in [0.05, 0.1) is 0 Å². The van der Waals surface area contributed by atoms with Crippen molar-refractivity contribution in [2.24, 2.45) is 5.92 Å². The van der Waals surface area contributed by atoms with Gasteiger partial charge in [0.1, 0.15) is 0 Å². The molecule has 0 saturated carbocycles. The first-order valence-electron chi connectivity index (χ1n) is 5.42. The summed E-state index contributed by atoms with van der Waals surface area (Å²) in [6.07, 6.45) is 5.24. The molecule has 84 valence electrons. The first-order chi connectivity index (χ1) is 7.10. The summed E-state index contributed by atoms with van der Waals surface area (Å²) in [5, 5.41) is 0. The van der Waals surface area contributed by atoms with E-state index in [9.17, 15) is 0 Å². The Kier molecular flexibility index (Phi) is 4.68. The summed E-state index contributed by atoms with van der Waals surface area (Å²) >= 11 is 1.81. The summed E-state index contributed by atoms with van der Waals surface area (Å²) in [5.74, 6) is 0.525. The maximum Gasteiger partial charge on any atom is 0.0346 e. The summed E-state index contributed by atoms with van der Waals surface area (Å²) < 4.78 is 2.38. The smallest absolute Gasteiger partial charge is 0.0346 e. The van der Waals surface area contributed by atoms with Crippen LogP contribution in [0.5, 0.6) is 0 Å². The first kappa shape index (κ1) is 12.6. The van der Waals surface area contributed by atoms with Crippen LogP contribution in [0.4, 0.5) is 0 Å². The van der Waals surface area contributed by atoms with E-state index in [4.69, 9.17) is 0 Å². The molecule has 0 aromatic carbocycles. The number of rotatable bonds is 4. The van der Waals surface area contributed by atoms with Crippen LogP contribution in [-0.4, -0.2) is 23.7 Å². The van der Waals surface area contributed by atoms with Crippen molar-refractivity contribution < 1.29 is 0 Å². The minimum absolute atomic E-state index is 0.525. The molecule has 0 amide bonds. The molecule has 1 aliphatic rings. The third-order valence-electron chi connectivity index (χ3n) is 2.94. The lowest BCUT2D eigenvalue weighted by atomic mass is 9.90. The lowest BCUT2D eigenvalue weighted by Gasteiger charge is -2.30. The molecule has 0 aromatic rings. The van der Waals surface area contributed by atoms with Crippen LogP contribution in [-0.2, 0) is 0 Å². The summed E-state index contributed by atoms with van der Waals surface area (Å²) in [6, 6.07) is 0. The first-order valence-corrected chi connectivity index (χ1v) is 6.61. The van der Waals surface area contributed by atoms with Crippen LogP contribution in [0.2, 0.25) is 0 Å². The number of allylic oxidation sites excluding steroid dienone is 1. The van der Waals surface area contributed by atoms with Crippen molar-refractivity contribution in [2.75, 3.05) is 19.3 Å². The molecule has 1 aliphatic heterocycles. The van der Waals surface area contributed by atoms with Crippen molar-refractivity contribution in [2.45, 2.75) is 20.3 Å². The average Bonchev–Trinajstić information content (AvgIpc) is 2.27. The van der Waals surface area contributed by atoms with Gasteiger partial charge in [0, 0.05) is 13.1 Å². The summed E-state index contributed by atoms with van der Waals surface area (Å²) in [5.41, 5.74) is 4.06. The van der Waals surface area contributed by atoms with Crippen molar-refractivity contribution in [1.82, 2.24) is 4.31 Å². The fourth-order valence-corrected chi connectivity index (χ4v) is 2.32. The van der Waals surface area contributed by atoms with Crippen molar-refractivity contribution in [1.29, 1.82) is 0 Å². The number of nitrogens with zero attached hydrogens (tertiary/aromatic N) is 1. The second-order valence-corrected chi connectivity index (χ2v) is 5.07. The Hall–Kier alpha value is -0.470. The van der Waals surface area contributed by atoms with Crippen molar-refractivity contribution in [3.63, 3.8) is 0 Å². The van der Waals surface area contributed by atoms with Crippen molar-refractivity contribution in [3.05, 3.63) is 36.0 Å². The molecule has 0 unspecified atom stereocenters. The molecule has 0 aliphatic carbocycles. The maximum atomic E-state index is 4.20. The highest BCUT2D eigenvalue weighted by Crippen LogP contribution is 2.29. The lowest BCUT2D eigenvalue weighted by Crippen LogP contribution is -2.26. The summed E-state index contributed by atoms with van der Waals surface area (Å²) in [7, 11) is 0. The second-order valence-electron chi connectivity index (χ2n) is 4.18. The average molecular weight is 223 g/mol. The van der Waals surface area contributed by atoms with Crippen LogP contribution in [0, 0.1) is 5.92 Å². The molecule has 1 rings (SSSR count). The highest BCUT2D eigenvalue weighted by Gasteiger charge is 2.19. The Bertz CT molecular complexity index is 289. The van der Waals surface area contributed by atoms with Crippen LogP contribution in [0.3, 0.4) is 0 Å². The van der Waals surface area contributed by atoms with Gasteiger partial charge in [-0.2, -0.15) is 0 Å². The molecular formula is C13H21NS. The van der Waals surface area contributed by atoms with E-state index in [1.807, 2.05) is 18.0 Å². The molecule has 1 nitrogen and oxygen atoms in total.